The minimum absolute atomic E-state index is 0.00530. The Hall–Kier alpha value is -0.980. The van der Waals surface area contributed by atoms with Crippen molar-refractivity contribution in [2.45, 2.75) is 58.0 Å². The highest BCUT2D eigenvalue weighted by Crippen LogP contribution is 2.22. The summed E-state index contributed by atoms with van der Waals surface area (Å²) in [5.41, 5.74) is 0.157. The van der Waals surface area contributed by atoms with Crippen LogP contribution in [0.1, 0.15) is 45.2 Å². The maximum atomic E-state index is 14.0. The Morgan fingerprint density at radius 3 is 2.38 bits per heavy atom. The number of sulfonamides is 1. The largest absolute Gasteiger partial charge is 0.313 e. The highest BCUT2D eigenvalue weighted by molar-refractivity contribution is 7.89. The summed E-state index contributed by atoms with van der Waals surface area (Å²) in [5, 5.41) is 3.14. The van der Waals surface area contributed by atoms with Gasteiger partial charge in [-0.2, -0.15) is 0 Å². The second-order valence-corrected chi connectivity index (χ2v) is 7.88. The molecule has 0 aromatic heterocycles. The normalized spacial score (nSPS) is 12.7. The van der Waals surface area contributed by atoms with Crippen LogP contribution in [0.15, 0.2) is 17.0 Å². The van der Waals surface area contributed by atoms with Crippen LogP contribution < -0.4 is 10.0 Å². The highest BCUT2D eigenvalue weighted by atomic mass is 32.2. The molecule has 0 radical (unpaired) electrons. The Morgan fingerprint density at radius 2 is 1.86 bits per heavy atom. The van der Waals surface area contributed by atoms with Crippen LogP contribution in [-0.4, -0.2) is 20.5 Å². The van der Waals surface area contributed by atoms with Gasteiger partial charge in [0.15, 0.2) is 0 Å². The SMILES string of the molecule is CCCNCc1cc(F)c(C)c(S(=O)(=O)NC(C)(C)C)c1. The van der Waals surface area contributed by atoms with Crippen molar-refractivity contribution >= 4 is 10.0 Å². The molecular weight excluding hydrogens is 291 g/mol. The van der Waals surface area contributed by atoms with E-state index in [1.165, 1.54) is 19.1 Å². The van der Waals surface area contributed by atoms with Crippen molar-refractivity contribution in [2.75, 3.05) is 6.54 Å². The van der Waals surface area contributed by atoms with Crippen molar-refractivity contribution in [3.8, 4) is 0 Å². The van der Waals surface area contributed by atoms with Gasteiger partial charge in [-0.05, 0) is 58.4 Å². The first kappa shape index (κ1) is 18.1. The molecule has 2 N–H and O–H groups in total. The van der Waals surface area contributed by atoms with E-state index in [1.807, 2.05) is 6.92 Å². The number of rotatable bonds is 6. The molecule has 6 heteroatoms. The fourth-order valence-electron chi connectivity index (χ4n) is 1.96. The van der Waals surface area contributed by atoms with Crippen molar-refractivity contribution in [3.63, 3.8) is 0 Å². The summed E-state index contributed by atoms with van der Waals surface area (Å²) in [5.74, 6) is -0.500. The number of hydrogen-bond acceptors (Lipinski definition) is 3. The summed E-state index contributed by atoms with van der Waals surface area (Å²) in [7, 11) is -3.74. The summed E-state index contributed by atoms with van der Waals surface area (Å²) >= 11 is 0. The first-order valence-electron chi connectivity index (χ1n) is 7.10. The molecule has 0 amide bonds. The van der Waals surface area contributed by atoms with E-state index in [9.17, 15) is 12.8 Å². The topological polar surface area (TPSA) is 58.2 Å². The number of benzene rings is 1. The van der Waals surface area contributed by atoms with Crippen LogP contribution in [-0.2, 0) is 16.6 Å². The lowest BCUT2D eigenvalue weighted by Crippen LogP contribution is -2.40. The number of hydrogen-bond donors (Lipinski definition) is 2. The smallest absolute Gasteiger partial charge is 0.241 e. The molecule has 0 bridgehead atoms. The first-order chi connectivity index (χ1) is 9.57. The van der Waals surface area contributed by atoms with Crippen molar-refractivity contribution in [2.24, 2.45) is 0 Å². The molecule has 0 heterocycles. The van der Waals surface area contributed by atoms with Gasteiger partial charge in [-0.3, -0.25) is 0 Å². The molecule has 0 saturated heterocycles. The minimum atomic E-state index is -3.74. The van der Waals surface area contributed by atoms with E-state index in [-0.39, 0.29) is 10.5 Å². The summed E-state index contributed by atoms with van der Waals surface area (Å²) in [4.78, 5) is 0.00530. The first-order valence-corrected chi connectivity index (χ1v) is 8.59. The Kier molecular flexibility index (Phi) is 5.90. The average Bonchev–Trinajstić information content (AvgIpc) is 2.30. The second kappa shape index (κ2) is 6.85. The average molecular weight is 316 g/mol. The van der Waals surface area contributed by atoms with Crippen molar-refractivity contribution in [1.82, 2.24) is 10.0 Å². The Bertz CT molecular complexity index is 592. The van der Waals surface area contributed by atoms with E-state index >= 15 is 0 Å². The molecule has 0 aliphatic carbocycles. The second-order valence-electron chi connectivity index (χ2n) is 6.23. The van der Waals surface area contributed by atoms with Gasteiger partial charge < -0.3 is 5.32 Å². The summed E-state index contributed by atoms with van der Waals surface area (Å²) in [6, 6.07) is 2.92. The fourth-order valence-corrected chi connectivity index (χ4v) is 3.68. The van der Waals surface area contributed by atoms with Crippen LogP contribution in [0.25, 0.3) is 0 Å². The van der Waals surface area contributed by atoms with E-state index in [0.717, 1.165) is 13.0 Å². The molecule has 0 aliphatic heterocycles. The van der Waals surface area contributed by atoms with E-state index < -0.39 is 21.4 Å². The van der Waals surface area contributed by atoms with Gasteiger partial charge in [0, 0.05) is 17.6 Å². The molecule has 120 valence electrons. The molecule has 21 heavy (non-hydrogen) atoms. The molecule has 1 aromatic carbocycles. The summed E-state index contributed by atoms with van der Waals surface area (Å²) in [6.45, 7) is 10.0. The van der Waals surface area contributed by atoms with Crippen LogP contribution in [0.5, 0.6) is 0 Å². The standard InChI is InChI=1S/C15H25FN2O2S/c1-6-7-17-10-12-8-13(16)11(2)14(9-12)21(19,20)18-15(3,4)5/h8-9,17-18H,6-7,10H2,1-5H3. The van der Waals surface area contributed by atoms with Crippen LogP contribution >= 0.6 is 0 Å². The minimum Gasteiger partial charge on any atom is -0.313 e. The maximum absolute atomic E-state index is 14.0. The predicted molar refractivity (Wildman–Crippen MR) is 83.2 cm³/mol. The van der Waals surface area contributed by atoms with E-state index in [2.05, 4.69) is 10.0 Å². The van der Waals surface area contributed by atoms with Crippen LogP contribution in [0.3, 0.4) is 0 Å². The fraction of sp³-hybridized carbons (Fsp3) is 0.600. The third kappa shape index (κ3) is 5.37. The van der Waals surface area contributed by atoms with E-state index in [0.29, 0.717) is 12.1 Å². The third-order valence-corrected chi connectivity index (χ3v) is 4.73. The molecule has 0 aliphatic rings. The van der Waals surface area contributed by atoms with Gasteiger partial charge >= 0.3 is 0 Å². The molecule has 0 fully saturated rings. The molecule has 1 rings (SSSR count). The van der Waals surface area contributed by atoms with Crippen LogP contribution in [0.2, 0.25) is 0 Å². The van der Waals surface area contributed by atoms with Crippen molar-refractivity contribution in [3.05, 3.63) is 29.1 Å². The molecule has 0 spiro atoms. The quantitative estimate of drug-likeness (QED) is 0.793. The highest BCUT2D eigenvalue weighted by Gasteiger charge is 2.25. The van der Waals surface area contributed by atoms with Gasteiger partial charge in [0.05, 0.1) is 4.90 Å². The molecule has 4 nitrogen and oxygen atoms in total. The monoisotopic (exact) mass is 316 g/mol. The zero-order chi connectivity index (χ0) is 16.3. The Morgan fingerprint density at radius 1 is 1.24 bits per heavy atom. The van der Waals surface area contributed by atoms with Gasteiger partial charge in [-0.1, -0.05) is 6.92 Å². The molecule has 0 saturated carbocycles. The van der Waals surface area contributed by atoms with E-state index in [4.69, 9.17) is 0 Å². The van der Waals surface area contributed by atoms with Gasteiger partial charge in [-0.25, -0.2) is 17.5 Å². The Balaban J connectivity index is 3.16. The molecular formula is C15H25FN2O2S. The summed E-state index contributed by atoms with van der Waals surface area (Å²) in [6.07, 6.45) is 0.963. The number of nitrogens with one attached hydrogen (secondary N) is 2. The van der Waals surface area contributed by atoms with Crippen LogP contribution in [0.4, 0.5) is 4.39 Å². The molecule has 0 atom stereocenters. The van der Waals surface area contributed by atoms with Crippen molar-refractivity contribution < 1.29 is 12.8 Å². The third-order valence-electron chi connectivity index (χ3n) is 2.84. The number of halogens is 1. The molecule has 1 aromatic rings. The van der Waals surface area contributed by atoms with Gasteiger partial charge in [-0.15, -0.1) is 0 Å². The zero-order valence-corrected chi connectivity index (χ0v) is 14.2. The Labute approximate surface area is 127 Å². The van der Waals surface area contributed by atoms with Gasteiger partial charge in [0.2, 0.25) is 10.0 Å². The predicted octanol–water partition coefficient (Wildman–Crippen LogP) is 2.71. The van der Waals surface area contributed by atoms with E-state index in [1.54, 1.807) is 20.8 Å². The summed E-state index contributed by atoms with van der Waals surface area (Å²) < 4.78 is 41.4. The molecule has 0 unspecified atom stereocenters. The lowest BCUT2D eigenvalue weighted by atomic mass is 10.1. The lowest BCUT2D eigenvalue weighted by Gasteiger charge is -2.21. The van der Waals surface area contributed by atoms with Crippen LogP contribution in [0, 0.1) is 12.7 Å². The van der Waals surface area contributed by atoms with Gasteiger partial charge in [0.25, 0.3) is 0 Å². The zero-order valence-electron chi connectivity index (χ0n) is 13.4. The van der Waals surface area contributed by atoms with Gasteiger partial charge in [0.1, 0.15) is 5.82 Å². The lowest BCUT2D eigenvalue weighted by molar-refractivity contribution is 0.490. The van der Waals surface area contributed by atoms with Crippen molar-refractivity contribution in [1.29, 1.82) is 0 Å². The maximum Gasteiger partial charge on any atom is 0.241 e.